The quantitative estimate of drug-likeness (QED) is 0.848. The fourth-order valence-corrected chi connectivity index (χ4v) is 2.94. The zero-order chi connectivity index (χ0) is 14.5. The van der Waals surface area contributed by atoms with E-state index in [1.165, 1.54) is 0 Å². The highest BCUT2D eigenvalue weighted by Crippen LogP contribution is 2.30. The molecular weight excluding hydrogens is 322 g/mol. The Labute approximate surface area is 146 Å². The fraction of sp³-hybridized carbons (Fsp3) is 0.647. The number of nitrogens with one attached hydrogen (secondary N) is 1. The first-order valence-corrected chi connectivity index (χ1v) is 7.78. The number of nitrogens with zero attached hydrogens (tertiary/aromatic N) is 1. The minimum Gasteiger partial charge on any atom is -0.314 e. The maximum atomic E-state index is 14.3. The maximum Gasteiger partial charge on any atom is 0.128 e. The molecule has 1 atom stereocenters. The Balaban J connectivity index is 0.00000220. The predicted octanol–water partition coefficient (Wildman–Crippen LogP) is 4.36. The average molecular weight is 351 g/mol. The molecular formula is C17H29Cl2FN2. The molecule has 1 aromatic rings. The van der Waals surface area contributed by atoms with Crippen molar-refractivity contribution < 1.29 is 4.39 Å². The first-order valence-electron chi connectivity index (χ1n) is 7.78. The zero-order valence-corrected chi connectivity index (χ0v) is 15.4. The van der Waals surface area contributed by atoms with E-state index in [0.717, 1.165) is 50.1 Å². The average Bonchev–Trinajstić information content (AvgIpc) is 2.43. The van der Waals surface area contributed by atoms with Crippen molar-refractivity contribution in [2.24, 2.45) is 5.92 Å². The maximum absolute atomic E-state index is 14.3. The molecule has 1 heterocycles. The Bertz CT molecular complexity index is 435. The Kier molecular flexibility index (Phi) is 10.3. The topological polar surface area (TPSA) is 15.3 Å². The second-order valence-corrected chi connectivity index (χ2v) is 6.30. The van der Waals surface area contributed by atoms with Crippen LogP contribution >= 0.6 is 24.8 Å². The normalized spacial score (nSPS) is 16.8. The third-order valence-corrected chi connectivity index (χ3v) is 4.12. The van der Waals surface area contributed by atoms with Crippen LogP contribution in [0.4, 0.5) is 4.39 Å². The molecule has 0 unspecified atom stereocenters. The van der Waals surface area contributed by atoms with E-state index in [4.69, 9.17) is 0 Å². The number of halogens is 3. The molecule has 1 fully saturated rings. The van der Waals surface area contributed by atoms with Gasteiger partial charge in [-0.2, -0.15) is 0 Å². The number of aryl methyl sites for hydroxylation is 1. The molecule has 0 spiro atoms. The fourth-order valence-electron chi connectivity index (χ4n) is 2.94. The van der Waals surface area contributed by atoms with Crippen molar-refractivity contribution in [3.63, 3.8) is 0 Å². The molecule has 0 saturated carbocycles. The van der Waals surface area contributed by atoms with E-state index in [9.17, 15) is 4.39 Å². The summed E-state index contributed by atoms with van der Waals surface area (Å²) in [6.07, 6.45) is 2.18. The van der Waals surface area contributed by atoms with Gasteiger partial charge in [0.05, 0.1) is 0 Å². The molecule has 2 nitrogen and oxygen atoms in total. The van der Waals surface area contributed by atoms with Crippen LogP contribution in [-0.2, 0) is 0 Å². The van der Waals surface area contributed by atoms with E-state index in [1.54, 1.807) is 6.07 Å². The summed E-state index contributed by atoms with van der Waals surface area (Å²) in [5, 5.41) is 3.38. The largest absolute Gasteiger partial charge is 0.314 e. The van der Waals surface area contributed by atoms with Crippen LogP contribution in [0.25, 0.3) is 0 Å². The molecule has 2 rings (SSSR count). The summed E-state index contributed by atoms with van der Waals surface area (Å²) in [6, 6.07) is 5.73. The number of hydrogen-bond donors (Lipinski definition) is 1. The molecule has 0 bridgehead atoms. The van der Waals surface area contributed by atoms with Crippen LogP contribution in [0.3, 0.4) is 0 Å². The van der Waals surface area contributed by atoms with Crippen molar-refractivity contribution in [1.29, 1.82) is 0 Å². The Morgan fingerprint density at radius 2 is 1.77 bits per heavy atom. The summed E-state index contributed by atoms with van der Waals surface area (Å²) in [5.74, 6) is 0.608. The van der Waals surface area contributed by atoms with E-state index < -0.39 is 0 Å². The molecule has 1 aromatic carbocycles. The standard InChI is InChI=1S/C17H27FN2.2ClH/c1-13(2)4-7-17(20-10-8-19-9-11-20)15-12-14(3)5-6-16(15)18;;/h5-6,12-13,17,19H,4,7-11H2,1-3H3;2*1H/t17-;;/m0../s1. The Morgan fingerprint density at radius 1 is 1.14 bits per heavy atom. The van der Waals surface area contributed by atoms with Crippen LogP contribution in [0.2, 0.25) is 0 Å². The molecule has 0 aromatic heterocycles. The number of rotatable bonds is 5. The van der Waals surface area contributed by atoms with E-state index in [-0.39, 0.29) is 36.7 Å². The van der Waals surface area contributed by atoms with Crippen molar-refractivity contribution in [2.75, 3.05) is 26.2 Å². The molecule has 1 N–H and O–H groups in total. The first-order chi connectivity index (χ1) is 9.58. The smallest absolute Gasteiger partial charge is 0.128 e. The SMILES string of the molecule is Cc1ccc(F)c([C@H](CCC(C)C)N2CCNCC2)c1.Cl.Cl. The van der Waals surface area contributed by atoms with Crippen molar-refractivity contribution >= 4 is 24.8 Å². The molecule has 128 valence electrons. The van der Waals surface area contributed by atoms with Gasteiger partial charge in [0.15, 0.2) is 0 Å². The lowest BCUT2D eigenvalue weighted by Gasteiger charge is -2.36. The lowest BCUT2D eigenvalue weighted by molar-refractivity contribution is 0.156. The van der Waals surface area contributed by atoms with Crippen LogP contribution in [-0.4, -0.2) is 31.1 Å². The summed E-state index contributed by atoms with van der Waals surface area (Å²) in [7, 11) is 0. The summed E-state index contributed by atoms with van der Waals surface area (Å²) in [6.45, 7) is 10.5. The highest BCUT2D eigenvalue weighted by atomic mass is 35.5. The monoisotopic (exact) mass is 350 g/mol. The van der Waals surface area contributed by atoms with E-state index in [1.807, 2.05) is 19.1 Å². The van der Waals surface area contributed by atoms with Gasteiger partial charge in [-0.1, -0.05) is 31.5 Å². The van der Waals surface area contributed by atoms with Crippen LogP contribution < -0.4 is 5.32 Å². The third kappa shape index (κ3) is 6.04. The minimum absolute atomic E-state index is 0. The van der Waals surface area contributed by atoms with E-state index in [2.05, 4.69) is 24.1 Å². The van der Waals surface area contributed by atoms with Gasteiger partial charge in [0.25, 0.3) is 0 Å². The van der Waals surface area contributed by atoms with Gasteiger partial charge >= 0.3 is 0 Å². The highest BCUT2D eigenvalue weighted by Gasteiger charge is 2.24. The lowest BCUT2D eigenvalue weighted by atomic mass is 9.94. The summed E-state index contributed by atoms with van der Waals surface area (Å²) in [5.41, 5.74) is 2.03. The second-order valence-electron chi connectivity index (χ2n) is 6.30. The molecule has 1 saturated heterocycles. The lowest BCUT2D eigenvalue weighted by Crippen LogP contribution is -2.45. The molecule has 22 heavy (non-hydrogen) atoms. The van der Waals surface area contributed by atoms with Gasteiger partial charge < -0.3 is 5.32 Å². The second kappa shape index (κ2) is 10.4. The number of piperazine rings is 1. The van der Waals surface area contributed by atoms with Crippen molar-refractivity contribution in [1.82, 2.24) is 10.2 Å². The predicted molar refractivity (Wildman–Crippen MR) is 96.9 cm³/mol. The van der Waals surface area contributed by atoms with E-state index >= 15 is 0 Å². The van der Waals surface area contributed by atoms with Gasteiger partial charge in [0.2, 0.25) is 0 Å². The van der Waals surface area contributed by atoms with Crippen LogP contribution in [0, 0.1) is 18.7 Å². The Hall–Kier alpha value is -0.350. The summed E-state index contributed by atoms with van der Waals surface area (Å²) in [4.78, 5) is 2.44. The number of hydrogen-bond acceptors (Lipinski definition) is 2. The molecule has 5 heteroatoms. The Morgan fingerprint density at radius 3 is 2.36 bits per heavy atom. The molecule has 0 aliphatic carbocycles. The van der Waals surface area contributed by atoms with Crippen molar-refractivity contribution in [3.05, 3.63) is 35.1 Å². The first kappa shape index (κ1) is 21.6. The van der Waals surface area contributed by atoms with Crippen LogP contribution in [0.15, 0.2) is 18.2 Å². The highest BCUT2D eigenvalue weighted by molar-refractivity contribution is 5.85. The summed E-state index contributed by atoms with van der Waals surface area (Å²) >= 11 is 0. The minimum atomic E-state index is -0.0529. The van der Waals surface area contributed by atoms with Crippen molar-refractivity contribution in [3.8, 4) is 0 Å². The van der Waals surface area contributed by atoms with Gasteiger partial charge in [0.1, 0.15) is 5.82 Å². The number of benzene rings is 1. The zero-order valence-electron chi connectivity index (χ0n) is 13.8. The van der Waals surface area contributed by atoms with Crippen LogP contribution in [0.1, 0.15) is 43.9 Å². The molecule has 1 aliphatic rings. The van der Waals surface area contributed by atoms with E-state index in [0.29, 0.717) is 5.92 Å². The van der Waals surface area contributed by atoms with Gasteiger partial charge in [0, 0.05) is 37.8 Å². The van der Waals surface area contributed by atoms with Crippen LogP contribution in [0.5, 0.6) is 0 Å². The van der Waals surface area contributed by atoms with Gasteiger partial charge in [-0.15, -0.1) is 24.8 Å². The van der Waals surface area contributed by atoms with Gasteiger partial charge in [-0.25, -0.2) is 4.39 Å². The summed E-state index contributed by atoms with van der Waals surface area (Å²) < 4.78 is 14.3. The van der Waals surface area contributed by atoms with Gasteiger partial charge in [-0.3, -0.25) is 4.90 Å². The molecule has 1 aliphatic heterocycles. The third-order valence-electron chi connectivity index (χ3n) is 4.12. The molecule has 0 radical (unpaired) electrons. The van der Waals surface area contributed by atoms with Crippen molar-refractivity contribution in [2.45, 2.75) is 39.7 Å². The van der Waals surface area contributed by atoms with Gasteiger partial charge in [-0.05, 0) is 31.7 Å². The molecule has 0 amide bonds.